The van der Waals surface area contributed by atoms with Crippen LogP contribution in [-0.4, -0.2) is 6.61 Å². The smallest absolute Gasteiger partial charge is 0.286 e. The van der Waals surface area contributed by atoms with E-state index < -0.39 is 0 Å². The van der Waals surface area contributed by atoms with E-state index in [1.165, 1.54) is 11.1 Å². The number of benzene rings is 2. The van der Waals surface area contributed by atoms with Gasteiger partial charge in [-0.3, -0.25) is 0 Å². The van der Waals surface area contributed by atoms with Crippen LogP contribution in [0.15, 0.2) is 54.6 Å². The van der Waals surface area contributed by atoms with E-state index in [0.717, 1.165) is 25.0 Å². The van der Waals surface area contributed by atoms with Crippen molar-refractivity contribution in [2.45, 2.75) is 25.9 Å². The van der Waals surface area contributed by atoms with Crippen molar-refractivity contribution in [2.75, 3.05) is 6.61 Å². The van der Waals surface area contributed by atoms with E-state index in [4.69, 9.17) is 10.00 Å². The molecule has 0 spiro atoms. The highest BCUT2D eigenvalue weighted by atomic mass is 16.5. The summed E-state index contributed by atoms with van der Waals surface area (Å²) >= 11 is 0. The molecule has 0 fully saturated rings. The number of aryl methyl sites for hydroxylation is 1. The van der Waals surface area contributed by atoms with Crippen molar-refractivity contribution in [1.29, 1.82) is 5.26 Å². The largest absolute Gasteiger partial charge is 0.489 e. The van der Waals surface area contributed by atoms with Gasteiger partial charge in [-0.2, -0.15) is 5.26 Å². The molecule has 0 amide bonds. The van der Waals surface area contributed by atoms with Gasteiger partial charge < -0.3 is 9.47 Å². The Kier molecular flexibility index (Phi) is 6.15. The first-order valence-corrected chi connectivity index (χ1v) is 7.15. The summed E-state index contributed by atoms with van der Waals surface area (Å²) in [4.78, 5) is 0. The highest BCUT2D eigenvalue weighted by Crippen LogP contribution is 2.15. The minimum absolute atomic E-state index is 0.509. The van der Waals surface area contributed by atoms with Gasteiger partial charge in [-0.1, -0.05) is 42.5 Å². The van der Waals surface area contributed by atoms with Crippen molar-refractivity contribution < 1.29 is 9.47 Å². The highest BCUT2D eigenvalue weighted by Gasteiger charge is 1.98. The molecule has 108 valence electrons. The monoisotopic (exact) mass is 281 g/mol. The summed E-state index contributed by atoms with van der Waals surface area (Å²) in [5.41, 5.74) is 2.44. The standard InChI is InChI=1S/C18H19NO2/c19-15-20-13-5-4-6-16-9-11-18(12-10-16)21-14-17-7-2-1-3-8-17/h1-3,7-12H,4-6,13-14H2. The van der Waals surface area contributed by atoms with Gasteiger partial charge in [0, 0.05) is 0 Å². The fourth-order valence-corrected chi connectivity index (χ4v) is 2.04. The van der Waals surface area contributed by atoms with Crippen molar-refractivity contribution in [2.24, 2.45) is 0 Å². The van der Waals surface area contributed by atoms with E-state index in [-0.39, 0.29) is 0 Å². The third-order valence-electron chi connectivity index (χ3n) is 3.20. The summed E-state index contributed by atoms with van der Waals surface area (Å²) in [5.74, 6) is 0.885. The predicted molar refractivity (Wildman–Crippen MR) is 81.7 cm³/mol. The summed E-state index contributed by atoms with van der Waals surface area (Å²) < 4.78 is 10.4. The van der Waals surface area contributed by atoms with E-state index in [9.17, 15) is 0 Å². The van der Waals surface area contributed by atoms with Crippen molar-refractivity contribution >= 4 is 0 Å². The molecular formula is C18H19NO2. The van der Waals surface area contributed by atoms with Gasteiger partial charge in [0.2, 0.25) is 0 Å². The Labute approximate surface area is 125 Å². The zero-order valence-corrected chi connectivity index (χ0v) is 12.0. The minimum Gasteiger partial charge on any atom is -0.489 e. The van der Waals surface area contributed by atoms with Crippen LogP contribution in [-0.2, 0) is 17.8 Å². The topological polar surface area (TPSA) is 42.2 Å². The molecule has 0 aromatic heterocycles. The lowest BCUT2D eigenvalue weighted by atomic mass is 10.1. The average molecular weight is 281 g/mol. The molecule has 0 N–H and O–H groups in total. The van der Waals surface area contributed by atoms with Crippen molar-refractivity contribution in [3.05, 3.63) is 65.7 Å². The van der Waals surface area contributed by atoms with Gasteiger partial charge in [0.1, 0.15) is 19.0 Å². The Bertz CT molecular complexity index is 558. The van der Waals surface area contributed by atoms with Crippen molar-refractivity contribution in [1.82, 2.24) is 0 Å². The third-order valence-corrected chi connectivity index (χ3v) is 3.20. The molecule has 0 saturated carbocycles. The van der Waals surface area contributed by atoms with E-state index in [2.05, 4.69) is 29.0 Å². The van der Waals surface area contributed by atoms with Gasteiger partial charge in [-0.25, -0.2) is 0 Å². The van der Waals surface area contributed by atoms with Crippen LogP contribution in [0.1, 0.15) is 24.0 Å². The Hall–Kier alpha value is -2.47. The molecular weight excluding hydrogens is 262 g/mol. The van der Waals surface area contributed by atoms with Crippen LogP contribution in [0.5, 0.6) is 5.75 Å². The van der Waals surface area contributed by atoms with Gasteiger partial charge in [-0.05, 0) is 42.5 Å². The van der Waals surface area contributed by atoms with Crippen LogP contribution < -0.4 is 4.74 Å². The van der Waals surface area contributed by atoms with E-state index >= 15 is 0 Å². The molecule has 0 unspecified atom stereocenters. The summed E-state index contributed by atoms with van der Waals surface area (Å²) in [7, 11) is 0. The van der Waals surface area contributed by atoms with Gasteiger partial charge in [0.25, 0.3) is 6.26 Å². The lowest BCUT2D eigenvalue weighted by Crippen LogP contribution is -1.95. The summed E-state index contributed by atoms with van der Waals surface area (Å²) in [6.07, 6.45) is 4.60. The highest BCUT2D eigenvalue weighted by molar-refractivity contribution is 5.27. The maximum atomic E-state index is 8.26. The molecule has 0 heterocycles. The molecule has 0 atom stereocenters. The number of ether oxygens (including phenoxy) is 2. The molecule has 0 saturated heterocycles. The minimum atomic E-state index is 0.509. The van der Waals surface area contributed by atoms with Crippen LogP contribution in [0, 0.1) is 11.5 Å². The lowest BCUT2D eigenvalue weighted by Gasteiger charge is -2.07. The first-order chi connectivity index (χ1) is 10.4. The fraction of sp³-hybridized carbons (Fsp3) is 0.278. The quantitative estimate of drug-likeness (QED) is 0.540. The maximum Gasteiger partial charge on any atom is 0.286 e. The van der Waals surface area contributed by atoms with Crippen molar-refractivity contribution in [3.8, 4) is 12.0 Å². The van der Waals surface area contributed by atoms with Gasteiger partial charge in [0.15, 0.2) is 0 Å². The number of nitrogens with zero attached hydrogens (tertiary/aromatic N) is 1. The molecule has 21 heavy (non-hydrogen) atoms. The van der Waals surface area contributed by atoms with Crippen LogP contribution in [0.25, 0.3) is 0 Å². The third kappa shape index (κ3) is 5.58. The van der Waals surface area contributed by atoms with Crippen LogP contribution in [0.4, 0.5) is 0 Å². The number of unbranched alkanes of at least 4 members (excludes halogenated alkanes) is 1. The number of nitriles is 1. The zero-order valence-electron chi connectivity index (χ0n) is 12.0. The molecule has 3 heteroatoms. The molecule has 0 bridgehead atoms. The lowest BCUT2D eigenvalue weighted by molar-refractivity contribution is 0.262. The summed E-state index contributed by atoms with van der Waals surface area (Å²) in [6, 6.07) is 18.3. The zero-order chi connectivity index (χ0) is 14.8. The van der Waals surface area contributed by atoms with Gasteiger partial charge in [0.05, 0.1) is 0 Å². The van der Waals surface area contributed by atoms with Crippen LogP contribution >= 0.6 is 0 Å². The van der Waals surface area contributed by atoms with Gasteiger partial charge >= 0.3 is 0 Å². The summed E-state index contributed by atoms with van der Waals surface area (Å²) in [6.45, 7) is 1.10. The average Bonchev–Trinajstić information content (AvgIpc) is 2.55. The fourth-order valence-electron chi connectivity index (χ4n) is 2.04. The van der Waals surface area contributed by atoms with E-state index in [1.54, 1.807) is 6.26 Å². The molecule has 2 aromatic rings. The Morgan fingerprint density at radius 1 is 0.857 bits per heavy atom. The molecule has 0 aliphatic heterocycles. The molecule has 0 aliphatic rings. The Morgan fingerprint density at radius 3 is 2.33 bits per heavy atom. The number of hydrogen-bond donors (Lipinski definition) is 0. The SMILES string of the molecule is N#COCCCCc1ccc(OCc2ccccc2)cc1. The van der Waals surface area contributed by atoms with Crippen LogP contribution in [0.2, 0.25) is 0 Å². The molecule has 2 aromatic carbocycles. The predicted octanol–water partition coefficient (Wildman–Crippen LogP) is 4.09. The normalized spacial score (nSPS) is 9.86. The molecule has 0 radical (unpaired) electrons. The molecule has 2 rings (SSSR count). The Balaban J connectivity index is 1.73. The van der Waals surface area contributed by atoms with Crippen LogP contribution in [0.3, 0.4) is 0 Å². The Morgan fingerprint density at radius 2 is 1.62 bits per heavy atom. The summed E-state index contributed by atoms with van der Waals surface area (Å²) in [5, 5.41) is 8.26. The first kappa shape index (κ1) is 14.9. The molecule has 0 aliphatic carbocycles. The second-order valence-electron chi connectivity index (χ2n) is 4.82. The van der Waals surface area contributed by atoms with E-state index in [1.807, 2.05) is 30.3 Å². The second-order valence-corrected chi connectivity index (χ2v) is 4.82. The number of rotatable bonds is 8. The number of hydrogen-bond acceptors (Lipinski definition) is 3. The van der Waals surface area contributed by atoms with Gasteiger partial charge in [-0.15, -0.1) is 0 Å². The van der Waals surface area contributed by atoms with E-state index in [0.29, 0.717) is 13.2 Å². The second kappa shape index (κ2) is 8.65. The maximum absolute atomic E-state index is 8.26. The van der Waals surface area contributed by atoms with Crippen molar-refractivity contribution in [3.63, 3.8) is 0 Å². The molecule has 3 nitrogen and oxygen atoms in total. The first-order valence-electron chi connectivity index (χ1n) is 7.15.